The van der Waals surface area contributed by atoms with Crippen LogP contribution in [0.15, 0.2) is 0 Å². The number of likely N-dealkylation sites (tertiary alicyclic amines) is 1. The SMILES string of the molecule is CN(CC(N)=O)C1CCCN(C(=O)OC(C)(C)C)C1. The lowest BCUT2D eigenvalue weighted by molar-refractivity contribution is -0.119. The monoisotopic (exact) mass is 271 g/mol. The zero-order valence-corrected chi connectivity index (χ0v) is 12.3. The van der Waals surface area contributed by atoms with E-state index in [1.54, 1.807) is 4.90 Å². The molecule has 0 saturated carbocycles. The van der Waals surface area contributed by atoms with Gasteiger partial charge >= 0.3 is 6.09 Å². The third-order valence-corrected chi connectivity index (χ3v) is 3.08. The van der Waals surface area contributed by atoms with Gasteiger partial charge in [-0.25, -0.2) is 4.79 Å². The second kappa shape index (κ2) is 6.23. The maximum Gasteiger partial charge on any atom is 0.410 e. The van der Waals surface area contributed by atoms with Gasteiger partial charge < -0.3 is 15.4 Å². The Morgan fingerprint density at radius 1 is 1.42 bits per heavy atom. The molecule has 2 N–H and O–H groups in total. The molecule has 1 unspecified atom stereocenters. The standard InChI is InChI=1S/C13H25N3O3/c1-13(2,3)19-12(18)16-7-5-6-10(8-16)15(4)9-11(14)17/h10H,5-9H2,1-4H3,(H2,14,17). The lowest BCUT2D eigenvalue weighted by atomic mass is 10.0. The second-order valence-corrected chi connectivity index (χ2v) is 6.10. The van der Waals surface area contributed by atoms with Gasteiger partial charge in [0.25, 0.3) is 0 Å². The molecule has 0 aromatic carbocycles. The van der Waals surface area contributed by atoms with Crippen molar-refractivity contribution in [3.63, 3.8) is 0 Å². The van der Waals surface area contributed by atoms with Crippen LogP contribution < -0.4 is 5.73 Å². The van der Waals surface area contributed by atoms with E-state index in [0.717, 1.165) is 12.8 Å². The van der Waals surface area contributed by atoms with Crippen molar-refractivity contribution in [2.75, 3.05) is 26.7 Å². The van der Waals surface area contributed by atoms with Crippen molar-refractivity contribution in [2.45, 2.75) is 45.3 Å². The van der Waals surface area contributed by atoms with Crippen molar-refractivity contribution in [3.05, 3.63) is 0 Å². The minimum absolute atomic E-state index is 0.161. The van der Waals surface area contributed by atoms with Crippen LogP contribution in [-0.4, -0.2) is 60.1 Å². The van der Waals surface area contributed by atoms with E-state index in [1.807, 2.05) is 32.7 Å². The third kappa shape index (κ3) is 5.46. The molecule has 0 aromatic rings. The number of amides is 2. The zero-order chi connectivity index (χ0) is 14.6. The Hall–Kier alpha value is -1.30. The smallest absolute Gasteiger partial charge is 0.410 e. The van der Waals surface area contributed by atoms with Crippen molar-refractivity contribution in [1.82, 2.24) is 9.80 Å². The Bertz CT molecular complexity index is 339. The fourth-order valence-electron chi connectivity index (χ4n) is 2.18. The highest BCUT2D eigenvalue weighted by Crippen LogP contribution is 2.17. The summed E-state index contributed by atoms with van der Waals surface area (Å²) in [6.45, 7) is 7.06. The first-order chi connectivity index (χ1) is 8.69. The molecule has 1 rings (SSSR count). The van der Waals surface area contributed by atoms with Crippen molar-refractivity contribution in [3.8, 4) is 0 Å². The number of ether oxygens (including phenoxy) is 1. The Labute approximate surface area is 114 Å². The van der Waals surface area contributed by atoms with Crippen LogP contribution in [0.3, 0.4) is 0 Å². The van der Waals surface area contributed by atoms with E-state index >= 15 is 0 Å². The fourth-order valence-corrected chi connectivity index (χ4v) is 2.18. The van der Waals surface area contributed by atoms with E-state index in [9.17, 15) is 9.59 Å². The molecule has 19 heavy (non-hydrogen) atoms. The summed E-state index contributed by atoms with van der Waals surface area (Å²) < 4.78 is 5.36. The van der Waals surface area contributed by atoms with Gasteiger partial charge in [-0.2, -0.15) is 0 Å². The number of hydrogen-bond donors (Lipinski definition) is 1. The molecule has 1 heterocycles. The summed E-state index contributed by atoms with van der Waals surface area (Å²) in [6.07, 6.45) is 1.58. The van der Waals surface area contributed by atoms with Crippen LogP contribution in [0.25, 0.3) is 0 Å². The molecular formula is C13H25N3O3. The first-order valence-corrected chi connectivity index (χ1v) is 6.65. The number of nitrogens with zero attached hydrogens (tertiary/aromatic N) is 2. The maximum absolute atomic E-state index is 12.0. The number of piperidine rings is 1. The van der Waals surface area contributed by atoms with Gasteiger partial charge in [-0.05, 0) is 40.7 Å². The Balaban J connectivity index is 2.54. The lowest BCUT2D eigenvalue weighted by Gasteiger charge is -2.37. The Morgan fingerprint density at radius 2 is 2.05 bits per heavy atom. The predicted molar refractivity (Wildman–Crippen MR) is 72.7 cm³/mol. The van der Waals surface area contributed by atoms with Crippen LogP contribution in [0.2, 0.25) is 0 Å². The molecule has 1 aliphatic heterocycles. The maximum atomic E-state index is 12.0. The van der Waals surface area contributed by atoms with E-state index in [-0.39, 0.29) is 24.6 Å². The number of rotatable bonds is 3. The molecule has 6 heteroatoms. The van der Waals surface area contributed by atoms with Gasteiger partial charge in [-0.3, -0.25) is 9.69 Å². The van der Waals surface area contributed by atoms with Gasteiger partial charge in [0.1, 0.15) is 5.60 Å². The molecular weight excluding hydrogens is 246 g/mol. The average Bonchev–Trinajstić information content (AvgIpc) is 2.26. The highest BCUT2D eigenvalue weighted by molar-refractivity contribution is 5.76. The summed E-state index contributed by atoms with van der Waals surface area (Å²) in [5.41, 5.74) is 4.71. The number of primary amides is 1. The normalized spacial score (nSPS) is 20.5. The van der Waals surface area contributed by atoms with Gasteiger partial charge in [0, 0.05) is 19.1 Å². The number of likely N-dealkylation sites (N-methyl/N-ethyl adjacent to an activating group) is 1. The average molecular weight is 271 g/mol. The van der Waals surface area contributed by atoms with Gasteiger partial charge in [0.2, 0.25) is 5.91 Å². The molecule has 1 fully saturated rings. The van der Waals surface area contributed by atoms with E-state index in [2.05, 4.69) is 0 Å². The van der Waals surface area contributed by atoms with Crippen LogP contribution in [0, 0.1) is 0 Å². The summed E-state index contributed by atoms with van der Waals surface area (Å²) in [5.74, 6) is -0.350. The van der Waals surface area contributed by atoms with Gasteiger partial charge in [0.05, 0.1) is 6.54 Å². The van der Waals surface area contributed by atoms with Crippen LogP contribution in [-0.2, 0) is 9.53 Å². The molecule has 2 amide bonds. The van der Waals surface area contributed by atoms with Crippen molar-refractivity contribution in [2.24, 2.45) is 5.73 Å². The zero-order valence-electron chi connectivity index (χ0n) is 12.3. The third-order valence-electron chi connectivity index (χ3n) is 3.08. The van der Waals surface area contributed by atoms with E-state index in [1.165, 1.54) is 0 Å². The molecule has 110 valence electrons. The van der Waals surface area contributed by atoms with E-state index in [0.29, 0.717) is 13.1 Å². The number of nitrogens with two attached hydrogens (primary N) is 1. The number of carbonyl (C=O) groups excluding carboxylic acids is 2. The largest absolute Gasteiger partial charge is 0.444 e. The van der Waals surface area contributed by atoms with Crippen LogP contribution in [0.4, 0.5) is 4.79 Å². The van der Waals surface area contributed by atoms with Crippen molar-refractivity contribution in [1.29, 1.82) is 0 Å². The van der Waals surface area contributed by atoms with Gasteiger partial charge in [-0.1, -0.05) is 0 Å². The fraction of sp³-hybridized carbons (Fsp3) is 0.846. The first-order valence-electron chi connectivity index (χ1n) is 6.65. The van der Waals surface area contributed by atoms with Crippen molar-refractivity contribution >= 4 is 12.0 Å². The molecule has 0 aliphatic carbocycles. The number of carbonyl (C=O) groups is 2. The topological polar surface area (TPSA) is 75.9 Å². The van der Waals surface area contributed by atoms with E-state index < -0.39 is 5.60 Å². The highest BCUT2D eigenvalue weighted by Gasteiger charge is 2.29. The van der Waals surface area contributed by atoms with Crippen LogP contribution in [0.5, 0.6) is 0 Å². The Kier molecular flexibility index (Phi) is 5.17. The second-order valence-electron chi connectivity index (χ2n) is 6.10. The summed E-state index contributed by atoms with van der Waals surface area (Å²) in [7, 11) is 1.86. The molecule has 0 bridgehead atoms. The number of hydrogen-bond acceptors (Lipinski definition) is 4. The summed E-state index contributed by atoms with van der Waals surface area (Å²) >= 11 is 0. The minimum atomic E-state index is -0.483. The minimum Gasteiger partial charge on any atom is -0.444 e. The molecule has 0 aromatic heterocycles. The van der Waals surface area contributed by atoms with Gasteiger partial charge in [0.15, 0.2) is 0 Å². The molecule has 1 saturated heterocycles. The molecule has 0 radical (unpaired) electrons. The first kappa shape index (κ1) is 15.8. The summed E-state index contributed by atoms with van der Waals surface area (Å²) in [6, 6.07) is 0.161. The molecule has 6 nitrogen and oxygen atoms in total. The van der Waals surface area contributed by atoms with Crippen LogP contribution in [0.1, 0.15) is 33.6 Å². The summed E-state index contributed by atoms with van der Waals surface area (Å²) in [4.78, 5) is 26.5. The highest BCUT2D eigenvalue weighted by atomic mass is 16.6. The van der Waals surface area contributed by atoms with Crippen LogP contribution >= 0.6 is 0 Å². The molecule has 0 spiro atoms. The van der Waals surface area contributed by atoms with Gasteiger partial charge in [-0.15, -0.1) is 0 Å². The quantitative estimate of drug-likeness (QED) is 0.824. The van der Waals surface area contributed by atoms with E-state index in [4.69, 9.17) is 10.5 Å². The predicted octanol–water partition coefficient (Wildman–Crippen LogP) is 0.803. The lowest BCUT2D eigenvalue weighted by Crippen LogP contribution is -2.51. The summed E-state index contributed by atoms with van der Waals surface area (Å²) in [5, 5.41) is 0. The Morgan fingerprint density at radius 3 is 2.58 bits per heavy atom. The molecule has 1 aliphatic rings. The molecule has 1 atom stereocenters. The van der Waals surface area contributed by atoms with Crippen molar-refractivity contribution < 1.29 is 14.3 Å².